The zero-order chi connectivity index (χ0) is 16.4. The first kappa shape index (κ1) is 15.0. The van der Waals surface area contributed by atoms with Gasteiger partial charge in [-0.15, -0.1) is 0 Å². The van der Waals surface area contributed by atoms with Crippen LogP contribution in [0.5, 0.6) is 17.2 Å². The molecule has 0 bridgehead atoms. The minimum atomic E-state index is -0.505. The van der Waals surface area contributed by atoms with Gasteiger partial charge in [-0.25, -0.2) is 0 Å². The highest BCUT2D eigenvalue weighted by molar-refractivity contribution is 5.88. The molecule has 0 unspecified atom stereocenters. The molecule has 2 aromatic carbocycles. The number of pyridine rings is 1. The van der Waals surface area contributed by atoms with Gasteiger partial charge in [0.2, 0.25) is 5.75 Å². The summed E-state index contributed by atoms with van der Waals surface area (Å²) in [5, 5.41) is 10.6. The molecule has 0 atom stereocenters. The van der Waals surface area contributed by atoms with Gasteiger partial charge >= 0.3 is 0 Å². The third kappa shape index (κ3) is 2.73. The predicted molar refractivity (Wildman–Crippen MR) is 88.2 cm³/mol. The fourth-order valence-electron chi connectivity index (χ4n) is 2.51. The normalized spacial score (nSPS) is 10.7. The van der Waals surface area contributed by atoms with Crippen molar-refractivity contribution in [2.24, 2.45) is 7.05 Å². The monoisotopic (exact) mass is 311 g/mol. The number of aromatic nitrogens is 1. The number of ether oxygens (including phenoxy) is 2. The van der Waals surface area contributed by atoms with Crippen LogP contribution < -0.4 is 15.0 Å². The first-order chi connectivity index (χ1) is 11.1. The number of benzene rings is 2. The topological polar surface area (TPSA) is 60.7 Å². The summed E-state index contributed by atoms with van der Waals surface area (Å²) >= 11 is 0. The molecule has 0 aliphatic rings. The van der Waals surface area contributed by atoms with Crippen LogP contribution in [0.4, 0.5) is 0 Å². The van der Waals surface area contributed by atoms with Crippen molar-refractivity contribution in [3.8, 4) is 17.2 Å². The van der Waals surface area contributed by atoms with Gasteiger partial charge in [-0.1, -0.05) is 30.3 Å². The van der Waals surface area contributed by atoms with Crippen molar-refractivity contribution in [3.63, 3.8) is 0 Å². The number of rotatable bonds is 4. The molecule has 0 aliphatic heterocycles. The van der Waals surface area contributed by atoms with E-state index in [1.807, 2.05) is 30.3 Å². The van der Waals surface area contributed by atoms with Gasteiger partial charge < -0.3 is 19.1 Å². The molecule has 0 fully saturated rings. The Balaban J connectivity index is 2.00. The molecule has 1 N–H and O–H groups in total. The van der Waals surface area contributed by atoms with E-state index in [0.717, 1.165) is 5.56 Å². The largest absolute Gasteiger partial charge is 0.500 e. The van der Waals surface area contributed by atoms with Gasteiger partial charge in [0.25, 0.3) is 5.56 Å². The molecular formula is C18H17NO4. The lowest BCUT2D eigenvalue weighted by Crippen LogP contribution is -2.17. The van der Waals surface area contributed by atoms with Crippen LogP contribution in [0, 0.1) is 0 Å². The van der Waals surface area contributed by atoms with Gasteiger partial charge in [0, 0.05) is 18.5 Å². The fraction of sp³-hybridized carbons (Fsp3) is 0.167. The van der Waals surface area contributed by atoms with Crippen LogP contribution in [0.25, 0.3) is 10.9 Å². The van der Waals surface area contributed by atoms with E-state index >= 15 is 0 Å². The van der Waals surface area contributed by atoms with Gasteiger partial charge in [-0.2, -0.15) is 0 Å². The van der Waals surface area contributed by atoms with E-state index in [1.54, 1.807) is 25.2 Å². The van der Waals surface area contributed by atoms with Gasteiger partial charge in [0.15, 0.2) is 5.75 Å². The third-order valence-electron chi connectivity index (χ3n) is 3.75. The predicted octanol–water partition coefficient (Wildman–Crippen LogP) is 2.83. The standard InChI is InChI=1S/C18H17NO4/c1-19-15-10-13(23-11-12-6-4-3-5-7-12)8-9-14(15)17(22-2)16(20)18(19)21/h3-10,20H,11H2,1-2H3. The van der Waals surface area contributed by atoms with E-state index in [-0.39, 0.29) is 11.5 Å². The number of nitrogens with zero attached hydrogens (tertiary/aromatic N) is 1. The smallest absolute Gasteiger partial charge is 0.296 e. The zero-order valence-corrected chi connectivity index (χ0v) is 12.9. The fourth-order valence-corrected chi connectivity index (χ4v) is 2.51. The average molecular weight is 311 g/mol. The molecule has 0 saturated carbocycles. The van der Waals surface area contributed by atoms with E-state index in [1.165, 1.54) is 11.7 Å². The van der Waals surface area contributed by atoms with Crippen molar-refractivity contribution >= 4 is 10.9 Å². The van der Waals surface area contributed by atoms with Gasteiger partial charge in [0.1, 0.15) is 12.4 Å². The Morgan fingerprint density at radius 3 is 2.57 bits per heavy atom. The second-order valence-corrected chi connectivity index (χ2v) is 5.20. The van der Waals surface area contributed by atoms with E-state index < -0.39 is 5.56 Å². The van der Waals surface area contributed by atoms with E-state index in [4.69, 9.17) is 9.47 Å². The molecule has 1 heterocycles. The number of aromatic hydroxyl groups is 1. The Hall–Kier alpha value is -2.95. The summed E-state index contributed by atoms with van der Waals surface area (Å²) in [6.45, 7) is 0.440. The molecule has 118 valence electrons. The van der Waals surface area contributed by atoms with Crippen molar-refractivity contribution in [1.82, 2.24) is 4.57 Å². The molecule has 3 rings (SSSR count). The highest BCUT2D eigenvalue weighted by atomic mass is 16.5. The second kappa shape index (κ2) is 6.04. The Kier molecular flexibility index (Phi) is 3.93. The van der Waals surface area contributed by atoms with Crippen molar-refractivity contribution in [1.29, 1.82) is 0 Å². The summed E-state index contributed by atoms with van der Waals surface area (Å²) < 4.78 is 12.3. The minimum absolute atomic E-state index is 0.178. The highest BCUT2D eigenvalue weighted by Gasteiger charge is 2.15. The molecular weight excluding hydrogens is 294 g/mol. The molecule has 0 aliphatic carbocycles. The molecule has 0 spiro atoms. The van der Waals surface area contributed by atoms with Crippen molar-refractivity contribution < 1.29 is 14.6 Å². The van der Waals surface area contributed by atoms with Crippen LogP contribution in [-0.4, -0.2) is 16.8 Å². The van der Waals surface area contributed by atoms with E-state index in [9.17, 15) is 9.90 Å². The second-order valence-electron chi connectivity index (χ2n) is 5.20. The van der Waals surface area contributed by atoms with Crippen LogP contribution in [-0.2, 0) is 13.7 Å². The molecule has 3 aromatic rings. The Bertz CT molecular complexity index is 900. The maximum absolute atomic E-state index is 12.0. The summed E-state index contributed by atoms with van der Waals surface area (Å²) in [6, 6.07) is 15.2. The summed E-state index contributed by atoms with van der Waals surface area (Å²) in [6.07, 6.45) is 0. The molecule has 0 saturated heterocycles. The Morgan fingerprint density at radius 2 is 1.87 bits per heavy atom. The summed E-state index contributed by atoms with van der Waals surface area (Å²) in [7, 11) is 3.03. The molecule has 5 heteroatoms. The van der Waals surface area contributed by atoms with Crippen molar-refractivity contribution in [3.05, 3.63) is 64.4 Å². The van der Waals surface area contributed by atoms with Crippen molar-refractivity contribution in [2.45, 2.75) is 6.61 Å². The van der Waals surface area contributed by atoms with Crippen LogP contribution in [0.15, 0.2) is 53.3 Å². The maximum Gasteiger partial charge on any atom is 0.296 e. The lowest BCUT2D eigenvalue weighted by Gasteiger charge is -2.13. The lowest BCUT2D eigenvalue weighted by molar-refractivity contribution is 0.306. The first-order valence-corrected chi connectivity index (χ1v) is 7.18. The lowest BCUT2D eigenvalue weighted by atomic mass is 10.1. The number of hydrogen-bond donors (Lipinski definition) is 1. The van der Waals surface area contributed by atoms with Crippen LogP contribution in [0.3, 0.4) is 0 Å². The maximum atomic E-state index is 12.0. The summed E-state index contributed by atoms with van der Waals surface area (Å²) in [5.41, 5.74) is 1.19. The third-order valence-corrected chi connectivity index (χ3v) is 3.75. The van der Waals surface area contributed by atoms with Gasteiger partial charge in [0.05, 0.1) is 12.6 Å². The quantitative estimate of drug-likeness (QED) is 0.805. The molecule has 23 heavy (non-hydrogen) atoms. The zero-order valence-electron chi connectivity index (χ0n) is 12.9. The molecule has 0 radical (unpaired) electrons. The van der Waals surface area contributed by atoms with Crippen molar-refractivity contribution in [2.75, 3.05) is 7.11 Å². The SMILES string of the molecule is COc1c(O)c(=O)n(C)c2cc(OCc3ccccc3)ccc12. The highest BCUT2D eigenvalue weighted by Crippen LogP contribution is 2.33. The van der Waals surface area contributed by atoms with Gasteiger partial charge in [-0.05, 0) is 17.7 Å². The Morgan fingerprint density at radius 1 is 1.13 bits per heavy atom. The minimum Gasteiger partial charge on any atom is -0.500 e. The van der Waals surface area contributed by atoms with Crippen LogP contribution in [0.2, 0.25) is 0 Å². The Labute approximate surface area is 133 Å². The molecule has 5 nitrogen and oxygen atoms in total. The van der Waals surface area contributed by atoms with Crippen LogP contribution in [0.1, 0.15) is 5.56 Å². The molecule has 0 amide bonds. The number of fused-ring (bicyclic) bond motifs is 1. The summed E-state index contributed by atoms with van der Waals surface area (Å²) in [5.74, 6) is 0.433. The van der Waals surface area contributed by atoms with E-state index in [0.29, 0.717) is 23.3 Å². The number of aryl methyl sites for hydroxylation is 1. The first-order valence-electron chi connectivity index (χ1n) is 7.18. The molecule has 1 aromatic heterocycles. The average Bonchev–Trinajstić information content (AvgIpc) is 2.59. The number of methoxy groups -OCH3 is 1. The van der Waals surface area contributed by atoms with E-state index in [2.05, 4.69) is 0 Å². The van der Waals surface area contributed by atoms with Crippen LogP contribution >= 0.6 is 0 Å². The summed E-state index contributed by atoms with van der Waals surface area (Å²) in [4.78, 5) is 12.0. The van der Waals surface area contributed by atoms with Gasteiger partial charge in [-0.3, -0.25) is 4.79 Å². The number of hydrogen-bond acceptors (Lipinski definition) is 4.